The molecule has 1 aromatic heterocycles. The van der Waals surface area contributed by atoms with E-state index in [0.29, 0.717) is 17.6 Å². The first kappa shape index (κ1) is 15.0. The van der Waals surface area contributed by atoms with Gasteiger partial charge in [-0.2, -0.15) is 0 Å². The van der Waals surface area contributed by atoms with Gasteiger partial charge in [-0.3, -0.25) is 4.98 Å². The minimum Gasteiger partial charge on any atom is -0.465 e. The van der Waals surface area contributed by atoms with E-state index in [9.17, 15) is 4.79 Å². The van der Waals surface area contributed by atoms with Crippen molar-refractivity contribution in [3.63, 3.8) is 0 Å². The Bertz CT molecular complexity index is 845. The van der Waals surface area contributed by atoms with Crippen molar-refractivity contribution in [2.75, 3.05) is 12.4 Å². The normalized spacial score (nSPS) is 10.5. The van der Waals surface area contributed by atoms with Gasteiger partial charge in [-0.1, -0.05) is 42.5 Å². The van der Waals surface area contributed by atoms with Crippen molar-refractivity contribution in [3.8, 4) is 0 Å². The van der Waals surface area contributed by atoms with E-state index in [1.165, 1.54) is 12.7 Å². The van der Waals surface area contributed by atoms with Crippen molar-refractivity contribution in [1.29, 1.82) is 0 Å². The number of rotatable bonds is 4. The molecular formula is C19H18N2O2. The Labute approximate surface area is 135 Å². The number of methoxy groups -OCH3 is 1. The molecule has 0 radical (unpaired) electrons. The Kier molecular flexibility index (Phi) is 4.24. The van der Waals surface area contributed by atoms with Crippen LogP contribution in [0.3, 0.4) is 0 Å². The molecule has 3 rings (SSSR count). The Hall–Kier alpha value is -2.88. The maximum Gasteiger partial charge on any atom is 0.340 e. The molecule has 4 heteroatoms. The fourth-order valence-electron chi connectivity index (χ4n) is 2.59. The summed E-state index contributed by atoms with van der Waals surface area (Å²) < 4.78 is 4.85. The highest BCUT2D eigenvalue weighted by Gasteiger charge is 2.14. The zero-order chi connectivity index (χ0) is 16.2. The minimum atomic E-state index is -0.372. The third-order valence-corrected chi connectivity index (χ3v) is 3.70. The molecule has 0 saturated heterocycles. The molecule has 1 heterocycles. The van der Waals surface area contributed by atoms with Gasteiger partial charge in [0.2, 0.25) is 0 Å². The van der Waals surface area contributed by atoms with Crippen LogP contribution < -0.4 is 5.32 Å². The summed E-state index contributed by atoms with van der Waals surface area (Å²) in [6.45, 7) is 2.63. The number of aryl methyl sites for hydroxylation is 1. The molecular weight excluding hydrogens is 288 g/mol. The smallest absolute Gasteiger partial charge is 0.340 e. The number of nitrogens with zero attached hydrogens (tertiary/aromatic N) is 1. The minimum absolute atomic E-state index is 0.372. The first-order chi connectivity index (χ1) is 11.2. The van der Waals surface area contributed by atoms with Gasteiger partial charge in [-0.05, 0) is 24.6 Å². The molecule has 23 heavy (non-hydrogen) atoms. The van der Waals surface area contributed by atoms with Crippen LogP contribution in [0.2, 0.25) is 0 Å². The Balaban J connectivity index is 2.02. The largest absolute Gasteiger partial charge is 0.465 e. The summed E-state index contributed by atoms with van der Waals surface area (Å²) in [5.74, 6) is -0.372. The molecule has 2 aromatic carbocycles. The van der Waals surface area contributed by atoms with Crippen molar-refractivity contribution in [2.24, 2.45) is 0 Å². The number of ether oxygens (including phenoxy) is 1. The quantitative estimate of drug-likeness (QED) is 0.742. The summed E-state index contributed by atoms with van der Waals surface area (Å²) in [6, 6.07) is 17.7. The second-order valence-electron chi connectivity index (χ2n) is 5.34. The van der Waals surface area contributed by atoms with E-state index in [1.807, 2.05) is 43.3 Å². The van der Waals surface area contributed by atoms with Gasteiger partial charge in [0, 0.05) is 23.3 Å². The van der Waals surface area contributed by atoms with Gasteiger partial charge >= 0.3 is 5.97 Å². The number of esters is 1. The first-order valence-electron chi connectivity index (χ1n) is 7.45. The molecule has 0 amide bonds. The number of hydrogen-bond donors (Lipinski definition) is 1. The van der Waals surface area contributed by atoms with Crippen molar-refractivity contribution in [1.82, 2.24) is 4.98 Å². The number of carbonyl (C=O) groups is 1. The number of nitrogens with one attached hydrogen (secondary N) is 1. The zero-order valence-electron chi connectivity index (χ0n) is 13.2. The summed E-state index contributed by atoms with van der Waals surface area (Å²) in [7, 11) is 1.38. The zero-order valence-corrected chi connectivity index (χ0v) is 13.2. The number of benzene rings is 2. The SMILES string of the molecule is COC(=O)c1cccc2c(NCc3ccccc3)cc(C)nc12. The third-order valence-electron chi connectivity index (χ3n) is 3.70. The van der Waals surface area contributed by atoms with Crippen molar-refractivity contribution >= 4 is 22.6 Å². The van der Waals surface area contributed by atoms with Gasteiger partial charge in [0.1, 0.15) is 0 Å². The summed E-state index contributed by atoms with van der Waals surface area (Å²) in [5, 5.41) is 4.35. The highest BCUT2D eigenvalue weighted by Crippen LogP contribution is 2.26. The number of carbonyl (C=O) groups excluding carboxylic acids is 1. The van der Waals surface area contributed by atoms with Crippen LogP contribution in [0.25, 0.3) is 10.9 Å². The molecule has 0 aliphatic carbocycles. The lowest BCUT2D eigenvalue weighted by Crippen LogP contribution is -2.06. The topological polar surface area (TPSA) is 51.2 Å². The molecule has 116 valence electrons. The number of pyridine rings is 1. The van der Waals surface area contributed by atoms with Gasteiger partial charge in [0.25, 0.3) is 0 Å². The van der Waals surface area contributed by atoms with E-state index in [-0.39, 0.29) is 5.97 Å². The number of anilines is 1. The Morgan fingerprint density at radius 3 is 2.65 bits per heavy atom. The Morgan fingerprint density at radius 1 is 1.13 bits per heavy atom. The summed E-state index contributed by atoms with van der Waals surface area (Å²) in [5.41, 5.74) is 4.15. The van der Waals surface area contributed by atoms with Crippen LogP contribution in [0.4, 0.5) is 5.69 Å². The van der Waals surface area contributed by atoms with Crippen molar-refractivity contribution in [3.05, 3.63) is 71.4 Å². The summed E-state index contributed by atoms with van der Waals surface area (Å²) >= 11 is 0. The van der Waals surface area contributed by atoms with E-state index in [1.54, 1.807) is 6.07 Å². The number of fused-ring (bicyclic) bond motifs is 1. The van der Waals surface area contributed by atoms with Crippen molar-refractivity contribution < 1.29 is 9.53 Å². The highest BCUT2D eigenvalue weighted by atomic mass is 16.5. The van der Waals surface area contributed by atoms with Crippen LogP contribution in [0.1, 0.15) is 21.6 Å². The maximum absolute atomic E-state index is 11.9. The third kappa shape index (κ3) is 3.16. The molecule has 0 atom stereocenters. The standard InChI is InChI=1S/C19H18N2O2/c1-13-11-17(20-12-14-7-4-3-5-8-14)15-9-6-10-16(18(15)21-13)19(22)23-2/h3-11H,12H2,1-2H3,(H,20,21). The number of para-hydroxylation sites is 1. The average molecular weight is 306 g/mol. The molecule has 0 unspecified atom stereocenters. The van der Waals surface area contributed by atoms with Gasteiger partial charge in [0.15, 0.2) is 0 Å². The molecule has 0 spiro atoms. The van der Waals surface area contributed by atoms with E-state index < -0.39 is 0 Å². The molecule has 3 aromatic rings. The maximum atomic E-state index is 11.9. The molecule has 4 nitrogen and oxygen atoms in total. The summed E-state index contributed by atoms with van der Waals surface area (Å²) in [4.78, 5) is 16.5. The predicted molar refractivity (Wildman–Crippen MR) is 91.6 cm³/mol. The average Bonchev–Trinajstić information content (AvgIpc) is 2.59. The Morgan fingerprint density at radius 2 is 1.91 bits per heavy atom. The van der Waals surface area contributed by atoms with Crippen LogP contribution in [0, 0.1) is 6.92 Å². The second-order valence-corrected chi connectivity index (χ2v) is 5.34. The van der Waals surface area contributed by atoms with Gasteiger partial charge in [-0.15, -0.1) is 0 Å². The highest BCUT2D eigenvalue weighted by molar-refractivity contribution is 6.06. The van der Waals surface area contributed by atoms with Gasteiger partial charge in [-0.25, -0.2) is 4.79 Å². The molecule has 0 saturated carbocycles. The van der Waals surface area contributed by atoms with E-state index in [0.717, 1.165) is 16.8 Å². The van der Waals surface area contributed by atoms with E-state index in [4.69, 9.17) is 4.74 Å². The molecule has 0 aliphatic rings. The second kappa shape index (κ2) is 6.48. The molecule has 0 bridgehead atoms. The number of hydrogen-bond acceptors (Lipinski definition) is 4. The molecule has 1 N–H and O–H groups in total. The fraction of sp³-hybridized carbons (Fsp3) is 0.158. The lowest BCUT2D eigenvalue weighted by Gasteiger charge is -2.12. The van der Waals surface area contributed by atoms with Gasteiger partial charge in [0.05, 0.1) is 18.2 Å². The molecule has 0 aliphatic heterocycles. The van der Waals surface area contributed by atoms with E-state index in [2.05, 4.69) is 22.4 Å². The van der Waals surface area contributed by atoms with Crippen LogP contribution >= 0.6 is 0 Å². The monoisotopic (exact) mass is 306 g/mol. The lowest BCUT2D eigenvalue weighted by molar-refractivity contribution is 0.0603. The van der Waals surface area contributed by atoms with Crippen LogP contribution in [-0.2, 0) is 11.3 Å². The van der Waals surface area contributed by atoms with Crippen LogP contribution in [0.5, 0.6) is 0 Å². The predicted octanol–water partition coefficient (Wildman–Crippen LogP) is 3.94. The van der Waals surface area contributed by atoms with E-state index >= 15 is 0 Å². The van der Waals surface area contributed by atoms with Crippen molar-refractivity contribution in [2.45, 2.75) is 13.5 Å². The first-order valence-corrected chi connectivity index (χ1v) is 7.45. The van der Waals surface area contributed by atoms with Crippen LogP contribution in [-0.4, -0.2) is 18.1 Å². The summed E-state index contributed by atoms with van der Waals surface area (Å²) in [6.07, 6.45) is 0. The fourth-order valence-corrected chi connectivity index (χ4v) is 2.59. The number of aromatic nitrogens is 1. The van der Waals surface area contributed by atoms with Gasteiger partial charge < -0.3 is 10.1 Å². The lowest BCUT2D eigenvalue weighted by atomic mass is 10.1. The van der Waals surface area contributed by atoms with Crippen LogP contribution in [0.15, 0.2) is 54.6 Å². The molecule has 0 fully saturated rings.